The summed E-state index contributed by atoms with van der Waals surface area (Å²) in [4.78, 5) is 43.1. The van der Waals surface area contributed by atoms with Gasteiger partial charge in [-0.25, -0.2) is 4.39 Å². The van der Waals surface area contributed by atoms with E-state index < -0.39 is 11.9 Å². The largest absolute Gasteiger partial charge is 0.481 e. The van der Waals surface area contributed by atoms with Crippen molar-refractivity contribution in [3.63, 3.8) is 0 Å². The quantitative estimate of drug-likeness (QED) is 0.595. The molecular formula is C25H25ClFN3O4. The fraction of sp³-hybridized carbons (Fsp3) is 0.320. The highest BCUT2D eigenvalue weighted by Gasteiger charge is 2.32. The van der Waals surface area contributed by atoms with E-state index in [0.29, 0.717) is 47.2 Å². The van der Waals surface area contributed by atoms with Gasteiger partial charge in [0.2, 0.25) is 5.91 Å². The molecule has 0 aliphatic carbocycles. The van der Waals surface area contributed by atoms with Crippen LogP contribution in [0.25, 0.3) is 21.9 Å². The summed E-state index contributed by atoms with van der Waals surface area (Å²) in [5.41, 5.74) is 0.902. The number of likely N-dealkylation sites (N-methyl/N-ethyl adjacent to an activating group) is 1. The van der Waals surface area contributed by atoms with Crippen LogP contribution in [0.2, 0.25) is 5.02 Å². The third kappa shape index (κ3) is 4.63. The Balaban J connectivity index is 1.56. The van der Waals surface area contributed by atoms with Crippen molar-refractivity contribution in [2.45, 2.75) is 32.4 Å². The highest BCUT2D eigenvalue weighted by atomic mass is 35.5. The predicted molar refractivity (Wildman–Crippen MR) is 128 cm³/mol. The number of aromatic nitrogens is 1. The first-order chi connectivity index (χ1) is 16.2. The highest BCUT2D eigenvalue weighted by molar-refractivity contribution is 6.33. The SMILES string of the molecule is CC(=O)N1CC[C@@H](N(C)C(=O)[C@@H](C)Oc2ccc3c(-c4ccc(F)cc4Cl)c[nH]c(=O)c3c2)C1. The van der Waals surface area contributed by atoms with Crippen LogP contribution in [0.1, 0.15) is 20.3 Å². The van der Waals surface area contributed by atoms with Gasteiger partial charge in [0.05, 0.1) is 16.5 Å². The molecule has 3 aromatic rings. The molecule has 2 atom stereocenters. The number of carbonyl (C=O) groups is 2. The first kappa shape index (κ1) is 23.8. The topological polar surface area (TPSA) is 82.7 Å². The number of ether oxygens (including phenoxy) is 1. The Hall–Kier alpha value is -3.39. The van der Waals surface area contributed by atoms with E-state index in [2.05, 4.69) is 4.98 Å². The van der Waals surface area contributed by atoms with Gasteiger partial charge < -0.3 is 19.5 Å². The van der Waals surface area contributed by atoms with Crippen molar-refractivity contribution in [3.8, 4) is 16.9 Å². The van der Waals surface area contributed by atoms with Crippen LogP contribution in [-0.2, 0) is 9.59 Å². The fourth-order valence-corrected chi connectivity index (χ4v) is 4.58. The second-order valence-corrected chi connectivity index (χ2v) is 8.89. The Morgan fingerprint density at radius 2 is 1.97 bits per heavy atom. The summed E-state index contributed by atoms with van der Waals surface area (Å²) in [6.07, 6.45) is 1.47. The van der Waals surface area contributed by atoms with E-state index in [-0.39, 0.29) is 28.4 Å². The lowest BCUT2D eigenvalue weighted by atomic mass is 10.0. The van der Waals surface area contributed by atoms with E-state index in [1.807, 2.05) is 0 Å². The minimum Gasteiger partial charge on any atom is -0.481 e. The second-order valence-electron chi connectivity index (χ2n) is 8.48. The average Bonchev–Trinajstić information content (AvgIpc) is 3.30. The molecule has 1 aliphatic heterocycles. The summed E-state index contributed by atoms with van der Waals surface area (Å²) in [5.74, 6) is -0.300. The van der Waals surface area contributed by atoms with Crippen LogP contribution in [0.5, 0.6) is 5.75 Å². The number of benzene rings is 2. The first-order valence-electron chi connectivity index (χ1n) is 11.0. The number of amides is 2. The van der Waals surface area contributed by atoms with Crippen LogP contribution in [-0.4, -0.2) is 58.9 Å². The van der Waals surface area contributed by atoms with Crippen LogP contribution < -0.4 is 10.3 Å². The fourth-order valence-electron chi connectivity index (χ4n) is 4.31. The number of hydrogen-bond donors (Lipinski definition) is 1. The average molecular weight is 486 g/mol. The number of hydrogen-bond acceptors (Lipinski definition) is 4. The lowest BCUT2D eigenvalue weighted by molar-refractivity contribution is -0.139. The molecule has 7 nitrogen and oxygen atoms in total. The van der Waals surface area contributed by atoms with Gasteiger partial charge in [-0.1, -0.05) is 11.6 Å². The molecule has 1 N–H and O–H groups in total. The molecule has 2 aromatic carbocycles. The third-order valence-corrected chi connectivity index (χ3v) is 6.57. The van der Waals surface area contributed by atoms with E-state index in [0.717, 1.165) is 0 Å². The predicted octanol–water partition coefficient (Wildman–Crippen LogP) is 3.83. The number of carbonyl (C=O) groups excluding carboxylic acids is 2. The van der Waals surface area contributed by atoms with Crippen molar-refractivity contribution in [2.75, 3.05) is 20.1 Å². The highest BCUT2D eigenvalue weighted by Crippen LogP contribution is 2.33. The molecule has 34 heavy (non-hydrogen) atoms. The van der Waals surface area contributed by atoms with Gasteiger partial charge in [-0.3, -0.25) is 14.4 Å². The third-order valence-electron chi connectivity index (χ3n) is 6.26. The van der Waals surface area contributed by atoms with Gasteiger partial charge in [-0.05, 0) is 55.1 Å². The molecule has 4 rings (SSSR count). The molecule has 0 spiro atoms. The minimum atomic E-state index is -0.789. The maximum Gasteiger partial charge on any atom is 0.263 e. The lowest BCUT2D eigenvalue weighted by Gasteiger charge is -2.27. The zero-order valence-electron chi connectivity index (χ0n) is 19.1. The molecule has 1 aliphatic rings. The van der Waals surface area contributed by atoms with Crippen molar-refractivity contribution >= 4 is 34.2 Å². The van der Waals surface area contributed by atoms with E-state index in [9.17, 15) is 18.8 Å². The Kier molecular flexibility index (Phi) is 6.61. The summed E-state index contributed by atoms with van der Waals surface area (Å²) >= 11 is 6.23. The standard InChI is InChI=1S/C25H25ClFN3O4/c1-14(25(33)29(3)17-8-9-30(13-17)15(2)31)34-18-5-7-19-21(11-18)24(32)28-12-22(19)20-6-4-16(27)10-23(20)26/h4-7,10-12,14,17H,8-9,13H2,1-3H3,(H,28,32)/t14-,17-/m1/s1. The summed E-state index contributed by atoms with van der Waals surface area (Å²) in [6.45, 7) is 4.30. The van der Waals surface area contributed by atoms with Crippen molar-refractivity contribution in [1.82, 2.24) is 14.8 Å². The molecule has 0 saturated carbocycles. The maximum absolute atomic E-state index is 13.5. The van der Waals surface area contributed by atoms with E-state index in [1.165, 1.54) is 25.3 Å². The smallest absolute Gasteiger partial charge is 0.263 e. The van der Waals surface area contributed by atoms with Gasteiger partial charge in [0, 0.05) is 44.4 Å². The van der Waals surface area contributed by atoms with E-state index in [1.54, 1.807) is 48.0 Å². The molecular weight excluding hydrogens is 461 g/mol. The number of aromatic amines is 1. The number of H-pyrrole nitrogens is 1. The number of nitrogens with one attached hydrogen (secondary N) is 1. The zero-order valence-corrected chi connectivity index (χ0v) is 19.9. The number of pyridine rings is 1. The van der Waals surface area contributed by atoms with Gasteiger partial charge >= 0.3 is 0 Å². The van der Waals surface area contributed by atoms with Crippen molar-refractivity contribution < 1.29 is 18.7 Å². The second kappa shape index (κ2) is 9.46. The molecule has 9 heteroatoms. The molecule has 0 bridgehead atoms. The van der Waals surface area contributed by atoms with Gasteiger partial charge in [-0.2, -0.15) is 0 Å². The molecule has 2 amide bonds. The first-order valence-corrected chi connectivity index (χ1v) is 11.3. The van der Waals surface area contributed by atoms with Gasteiger partial charge in [0.1, 0.15) is 11.6 Å². The normalized spacial score (nSPS) is 16.5. The van der Waals surface area contributed by atoms with Crippen LogP contribution in [0.4, 0.5) is 4.39 Å². The minimum absolute atomic E-state index is 0.00433. The molecule has 1 fully saturated rings. The molecule has 0 unspecified atom stereocenters. The molecule has 178 valence electrons. The molecule has 1 saturated heterocycles. The van der Waals surface area contributed by atoms with E-state index >= 15 is 0 Å². The molecule has 1 aromatic heterocycles. The van der Waals surface area contributed by atoms with E-state index in [4.69, 9.17) is 16.3 Å². The van der Waals surface area contributed by atoms with Gasteiger partial charge in [0.25, 0.3) is 11.5 Å². The lowest BCUT2D eigenvalue weighted by Crippen LogP contribution is -2.45. The van der Waals surface area contributed by atoms with Crippen molar-refractivity contribution in [1.29, 1.82) is 0 Å². The van der Waals surface area contributed by atoms with Crippen LogP contribution >= 0.6 is 11.6 Å². The Bertz CT molecular complexity index is 1330. The Morgan fingerprint density at radius 1 is 1.21 bits per heavy atom. The number of halogens is 2. The summed E-state index contributed by atoms with van der Waals surface area (Å²) in [5, 5.41) is 1.21. The summed E-state index contributed by atoms with van der Waals surface area (Å²) < 4.78 is 19.4. The van der Waals surface area contributed by atoms with Crippen molar-refractivity contribution in [3.05, 3.63) is 63.8 Å². The van der Waals surface area contributed by atoms with Crippen LogP contribution in [0, 0.1) is 5.82 Å². The van der Waals surface area contributed by atoms with Crippen molar-refractivity contribution in [2.24, 2.45) is 0 Å². The maximum atomic E-state index is 13.5. The van der Waals surface area contributed by atoms with Crippen LogP contribution in [0.15, 0.2) is 47.4 Å². The number of likely N-dealkylation sites (tertiary alicyclic amines) is 1. The summed E-state index contributed by atoms with van der Waals surface area (Å²) in [7, 11) is 1.71. The zero-order chi connectivity index (χ0) is 24.6. The number of nitrogens with zero attached hydrogens (tertiary/aromatic N) is 2. The number of rotatable bonds is 5. The summed E-state index contributed by atoms with van der Waals surface area (Å²) in [6, 6.07) is 8.99. The van der Waals surface area contributed by atoms with Gasteiger partial charge in [0.15, 0.2) is 6.10 Å². The monoisotopic (exact) mass is 485 g/mol. The Morgan fingerprint density at radius 3 is 2.65 bits per heavy atom. The van der Waals surface area contributed by atoms with Gasteiger partial charge in [-0.15, -0.1) is 0 Å². The number of fused-ring (bicyclic) bond motifs is 1. The molecule has 2 heterocycles. The van der Waals surface area contributed by atoms with Crippen LogP contribution in [0.3, 0.4) is 0 Å². The Labute approximate surface area is 201 Å². The molecule has 0 radical (unpaired) electrons.